The summed E-state index contributed by atoms with van der Waals surface area (Å²) < 4.78 is 13.6. The van der Waals surface area contributed by atoms with Crippen molar-refractivity contribution in [1.82, 2.24) is 5.32 Å². The van der Waals surface area contributed by atoms with Gasteiger partial charge in [0.05, 0.1) is 5.56 Å². The van der Waals surface area contributed by atoms with Crippen molar-refractivity contribution in [2.24, 2.45) is 5.41 Å². The fraction of sp³-hybridized carbons (Fsp3) is 0.500. The molecular formula is C14H17FINO. The Kier molecular flexibility index (Phi) is 4.25. The van der Waals surface area contributed by atoms with Crippen molar-refractivity contribution in [3.8, 4) is 0 Å². The molecule has 0 heterocycles. The average molecular weight is 361 g/mol. The number of rotatable bonds is 4. The van der Waals surface area contributed by atoms with E-state index in [0.717, 1.165) is 13.0 Å². The Hall–Kier alpha value is -0.650. The van der Waals surface area contributed by atoms with E-state index in [2.05, 4.69) is 12.2 Å². The zero-order valence-corrected chi connectivity index (χ0v) is 12.6. The van der Waals surface area contributed by atoms with Crippen molar-refractivity contribution in [2.75, 3.05) is 6.54 Å². The fourth-order valence-corrected chi connectivity index (χ4v) is 3.09. The maximum Gasteiger partial charge on any atom is 0.252 e. The molecule has 1 fully saturated rings. The highest BCUT2D eigenvalue weighted by Crippen LogP contribution is 2.43. The van der Waals surface area contributed by atoms with E-state index in [1.807, 2.05) is 22.6 Å². The lowest BCUT2D eigenvalue weighted by molar-refractivity contribution is 0.0849. The molecule has 1 N–H and O–H groups in total. The van der Waals surface area contributed by atoms with Crippen LogP contribution in [0.4, 0.5) is 4.39 Å². The first-order chi connectivity index (χ1) is 8.56. The molecule has 2 rings (SSSR count). The molecule has 1 aromatic carbocycles. The SMILES string of the molecule is CCC1(CNC(=O)c2ccc(F)cc2I)CCC1. The Bertz CT molecular complexity index is 452. The summed E-state index contributed by atoms with van der Waals surface area (Å²) in [5, 5.41) is 2.99. The normalized spacial score (nSPS) is 17.1. The van der Waals surface area contributed by atoms with Crippen molar-refractivity contribution in [2.45, 2.75) is 32.6 Å². The lowest BCUT2D eigenvalue weighted by atomic mass is 9.67. The summed E-state index contributed by atoms with van der Waals surface area (Å²) in [6, 6.07) is 4.26. The van der Waals surface area contributed by atoms with Crippen LogP contribution in [0.25, 0.3) is 0 Å². The monoisotopic (exact) mass is 361 g/mol. The smallest absolute Gasteiger partial charge is 0.252 e. The second-order valence-electron chi connectivity index (χ2n) is 5.01. The first-order valence-electron chi connectivity index (χ1n) is 6.29. The molecule has 0 aromatic heterocycles. The van der Waals surface area contributed by atoms with Crippen LogP contribution in [-0.4, -0.2) is 12.5 Å². The van der Waals surface area contributed by atoms with E-state index in [-0.39, 0.29) is 11.7 Å². The second kappa shape index (κ2) is 5.55. The number of carbonyl (C=O) groups is 1. The molecule has 2 nitrogen and oxygen atoms in total. The minimum absolute atomic E-state index is 0.0980. The average Bonchev–Trinajstić information content (AvgIpc) is 2.27. The van der Waals surface area contributed by atoms with Gasteiger partial charge in [-0.1, -0.05) is 13.3 Å². The van der Waals surface area contributed by atoms with Gasteiger partial charge in [0.25, 0.3) is 5.91 Å². The number of carbonyl (C=O) groups excluding carboxylic acids is 1. The van der Waals surface area contributed by atoms with Crippen LogP contribution in [0.15, 0.2) is 18.2 Å². The molecule has 1 aliphatic rings. The number of halogens is 2. The summed E-state index contributed by atoms with van der Waals surface area (Å²) in [6.45, 7) is 2.91. The van der Waals surface area contributed by atoms with Gasteiger partial charge in [0.1, 0.15) is 5.82 Å². The van der Waals surface area contributed by atoms with Crippen molar-refractivity contribution in [3.63, 3.8) is 0 Å². The fourth-order valence-electron chi connectivity index (χ4n) is 2.37. The van der Waals surface area contributed by atoms with Crippen LogP contribution >= 0.6 is 22.6 Å². The van der Waals surface area contributed by atoms with Crippen molar-refractivity contribution in [3.05, 3.63) is 33.1 Å². The topological polar surface area (TPSA) is 29.1 Å². The summed E-state index contributed by atoms with van der Waals surface area (Å²) in [7, 11) is 0. The van der Waals surface area contributed by atoms with Gasteiger partial charge >= 0.3 is 0 Å². The number of nitrogens with one attached hydrogen (secondary N) is 1. The van der Waals surface area contributed by atoms with Gasteiger partial charge in [-0.15, -0.1) is 0 Å². The van der Waals surface area contributed by atoms with Gasteiger partial charge in [-0.2, -0.15) is 0 Å². The molecule has 0 bridgehead atoms. The minimum Gasteiger partial charge on any atom is -0.351 e. The van der Waals surface area contributed by atoms with E-state index >= 15 is 0 Å². The predicted molar refractivity (Wildman–Crippen MR) is 78.0 cm³/mol. The lowest BCUT2D eigenvalue weighted by Crippen LogP contribution is -2.41. The Balaban J connectivity index is 1.99. The van der Waals surface area contributed by atoms with Gasteiger partial charge in [-0.25, -0.2) is 4.39 Å². The highest BCUT2D eigenvalue weighted by Gasteiger charge is 2.35. The van der Waals surface area contributed by atoms with Gasteiger partial charge < -0.3 is 5.32 Å². The molecule has 0 spiro atoms. The lowest BCUT2D eigenvalue weighted by Gasteiger charge is -2.41. The van der Waals surface area contributed by atoms with Gasteiger partial charge in [0.2, 0.25) is 0 Å². The number of hydrogen-bond donors (Lipinski definition) is 1. The van der Waals surface area contributed by atoms with E-state index in [1.54, 1.807) is 6.07 Å². The van der Waals surface area contributed by atoms with Crippen LogP contribution in [0, 0.1) is 14.8 Å². The van der Waals surface area contributed by atoms with Crippen LogP contribution in [0.1, 0.15) is 43.0 Å². The Labute approximate surface area is 120 Å². The zero-order chi connectivity index (χ0) is 13.2. The molecule has 1 amide bonds. The van der Waals surface area contributed by atoms with Crippen molar-refractivity contribution in [1.29, 1.82) is 0 Å². The van der Waals surface area contributed by atoms with Gasteiger partial charge in [-0.05, 0) is 65.5 Å². The zero-order valence-electron chi connectivity index (χ0n) is 10.4. The van der Waals surface area contributed by atoms with E-state index < -0.39 is 0 Å². The van der Waals surface area contributed by atoms with Gasteiger partial charge in [-0.3, -0.25) is 4.79 Å². The molecular weight excluding hydrogens is 344 g/mol. The summed E-state index contributed by atoms with van der Waals surface area (Å²) in [6.07, 6.45) is 4.76. The van der Waals surface area contributed by atoms with E-state index in [1.165, 1.54) is 31.4 Å². The first-order valence-corrected chi connectivity index (χ1v) is 7.37. The third kappa shape index (κ3) is 2.84. The first kappa shape index (κ1) is 13.8. The van der Waals surface area contributed by atoms with E-state index in [0.29, 0.717) is 14.5 Å². The van der Waals surface area contributed by atoms with Crippen molar-refractivity contribution >= 4 is 28.5 Å². The standard InChI is InChI=1S/C14H17FINO/c1-2-14(6-3-7-14)9-17-13(18)11-5-4-10(15)8-12(11)16/h4-5,8H,2-3,6-7,9H2,1H3,(H,17,18). The molecule has 0 aliphatic heterocycles. The maximum absolute atomic E-state index is 13.0. The summed E-state index contributed by atoms with van der Waals surface area (Å²) >= 11 is 1.99. The highest BCUT2D eigenvalue weighted by molar-refractivity contribution is 14.1. The molecule has 98 valence electrons. The predicted octanol–water partition coefficient (Wildman–Crippen LogP) is 3.74. The van der Waals surface area contributed by atoms with E-state index in [4.69, 9.17) is 0 Å². The molecule has 4 heteroatoms. The third-order valence-electron chi connectivity index (χ3n) is 3.96. The molecule has 1 aliphatic carbocycles. The molecule has 1 saturated carbocycles. The summed E-state index contributed by atoms with van der Waals surface area (Å²) in [4.78, 5) is 12.0. The Morgan fingerprint density at radius 3 is 2.72 bits per heavy atom. The van der Waals surface area contributed by atoms with Gasteiger partial charge in [0.15, 0.2) is 0 Å². The van der Waals surface area contributed by atoms with Crippen LogP contribution in [0.2, 0.25) is 0 Å². The number of benzene rings is 1. The quantitative estimate of drug-likeness (QED) is 0.814. The molecule has 1 aromatic rings. The van der Waals surface area contributed by atoms with Crippen molar-refractivity contribution < 1.29 is 9.18 Å². The van der Waals surface area contributed by atoms with Crippen LogP contribution in [0.3, 0.4) is 0 Å². The Morgan fingerprint density at radius 2 is 2.22 bits per heavy atom. The number of hydrogen-bond acceptors (Lipinski definition) is 1. The van der Waals surface area contributed by atoms with Crippen LogP contribution in [-0.2, 0) is 0 Å². The number of amides is 1. The summed E-state index contributed by atoms with van der Waals surface area (Å²) in [5.41, 5.74) is 0.865. The molecule has 0 radical (unpaired) electrons. The highest BCUT2D eigenvalue weighted by atomic mass is 127. The molecule has 0 atom stereocenters. The minimum atomic E-state index is -0.306. The van der Waals surface area contributed by atoms with E-state index in [9.17, 15) is 9.18 Å². The molecule has 0 saturated heterocycles. The van der Waals surface area contributed by atoms with Crippen LogP contribution in [0.5, 0.6) is 0 Å². The molecule has 18 heavy (non-hydrogen) atoms. The van der Waals surface area contributed by atoms with Crippen LogP contribution < -0.4 is 5.32 Å². The third-order valence-corrected chi connectivity index (χ3v) is 4.86. The van der Waals surface area contributed by atoms with Gasteiger partial charge in [0, 0.05) is 10.1 Å². The largest absolute Gasteiger partial charge is 0.351 e. The molecule has 0 unspecified atom stereocenters. The second-order valence-corrected chi connectivity index (χ2v) is 6.18. The maximum atomic E-state index is 13.0. The summed E-state index contributed by atoms with van der Waals surface area (Å²) in [5.74, 6) is -0.404. The Morgan fingerprint density at radius 1 is 1.50 bits per heavy atom.